The average Bonchev–Trinajstić information content (AvgIpc) is 2.59. The lowest BCUT2D eigenvalue weighted by atomic mass is 9.85. The molecule has 0 saturated heterocycles. The molecule has 1 atom stereocenters. The molecule has 3 N–H and O–H groups in total. The highest BCUT2D eigenvalue weighted by Crippen LogP contribution is 2.24. The van der Waals surface area contributed by atoms with Crippen molar-refractivity contribution in [2.24, 2.45) is 4.99 Å². The molecule has 0 bridgehead atoms. The third-order valence-electron chi connectivity index (χ3n) is 4.25. The fourth-order valence-corrected chi connectivity index (χ4v) is 2.36. The van der Waals surface area contributed by atoms with Crippen molar-refractivity contribution in [2.75, 3.05) is 19.6 Å². The van der Waals surface area contributed by atoms with Crippen LogP contribution >= 0.6 is 0 Å². The van der Waals surface area contributed by atoms with E-state index in [0.717, 1.165) is 18.5 Å². The second kappa shape index (κ2) is 10.8. The van der Waals surface area contributed by atoms with Crippen LogP contribution in [0.5, 0.6) is 0 Å². The van der Waals surface area contributed by atoms with Crippen molar-refractivity contribution >= 4 is 11.9 Å². The first-order valence-electron chi connectivity index (χ1n) is 9.36. The summed E-state index contributed by atoms with van der Waals surface area (Å²) in [7, 11) is 0. The van der Waals surface area contributed by atoms with Gasteiger partial charge in [-0.15, -0.1) is 0 Å². The van der Waals surface area contributed by atoms with Gasteiger partial charge in [0.1, 0.15) is 5.82 Å². The minimum atomic E-state index is -0.293. The van der Waals surface area contributed by atoms with Crippen molar-refractivity contribution in [3.63, 3.8) is 0 Å². The molecule has 0 aliphatic heterocycles. The lowest BCUT2D eigenvalue weighted by molar-refractivity contribution is -0.121. The molecule has 1 aromatic rings. The standard InChI is InChI=1S/C20H33FN4O/c1-6-15(3)25-18(26)11-12-23-19(22-7-2)24-14-20(4,5)16-9-8-10-17(21)13-16/h8-10,13,15H,6-7,11-12,14H2,1-5H3,(H,25,26)(H2,22,23,24). The van der Waals surface area contributed by atoms with Crippen LogP contribution in [0.2, 0.25) is 0 Å². The summed E-state index contributed by atoms with van der Waals surface area (Å²) in [4.78, 5) is 16.4. The topological polar surface area (TPSA) is 65.5 Å². The summed E-state index contributed by atoms with van der Waals surface area (Å²) in [6, 6.07) is 6.82. The molecular weight excluding hydrogens is 331 g/mol. The van der Waals surface area contributed by atoms with Gasteiger partial charge in [-0.1, -0.05) is 32.9 Å². The Hall–Kier alpha value is -2.11. The van der Waals surface area contributed by atoms with Gasteiger partial charge in [-0.25, -0.2) is 4.39 Å². The first kappa shape index (κ1) is 21.9. The number of nitrogens with one attached hydrogen (secondary N) is 3. The quantitative estimate of drug-likeness (QED) is 0.466. The van der Waals surface area contributed by atoms with E-state index in [0.29, 0.717) is 25.5 Å². The molecule has 1 rings (SSSR count). The highest BCUT2D eigenvalue weighted by atomic mass is 19.1. The van der Waals surface area contributed by atoms with Gasteiger partial charge in [0.15, 0.2) is 5.96 Å². The summed E-state index contributed by atoms with van der Waals surface area (Å²) in [5, 5.41) is 9.30. The lowest BCUT2D eigenvalue weighted by Crippen LogP contribution is -2.41. The second-order valence-corrected chi connectivity index (χ2v) is 7.14. The van der Waals surface area contributed by atoms with Crippen LogP contribution in [-0.2, 0) is 10.2 Å². The number of aliphatic imine (C=N–C) groups is 1. The van der Waals surface area contributed by atoms with Crippen LogP contribution in [0.3, 0.4) is 0 Å². The van der Waals surface area contributed by atoms with E-state index in [1.165, 1.54) is 6.07 Å². The van der Waals surface area contributed by atoms with Gasteiger partial charge in [-0.3, -0.25) is 9.79 Å². The summed E-state index contributed by atoms with van der Waals surface area (Å²) in [6.45, 7) is 11.8. The van der Waals surface area contributed by atoms with Gasteiger partial charge in [0.2, 0.25) is 5.91 Å². The molecule has 0 aliphatic rings. The van der Waals surface area contributed by atoms with Crippen molar-refractivity contribution in [3.8, 4) is 0 Å². The summed E-state index contributed by atoms with van der Waals surface area (Å²) < 4.78 is 13.5. The lowest BCUT2D eigenvalue weighted by Gasteiger charge is -2.24. The molecule has 0 aliphatic carbocycles. The summed E-state index contributed by atoms with van der Waals surface area (Å²) in [5.41, 5.74) is 0.614. The number of amides is 1. The SMILES string of the molecule is CCNC(=NCC(C)(C)c1cccc(F)c1)NCCC(=O)NC(C)CC. The van der Waals surface area contributed by atoms with E-state index >= 15 is 0 Å². The van der Waals surface area contributed by atoms with Crippen molar-refractivity contribution in [1.29, 1.82) is 0 Å². The average molecular weight is 365 g/mol. The molecule has 0 fully saturated rings. The van der Waals surface area contributed by atoms with Crippen LogP contribution < -0.4 is 16.0 Å². The van der Waals surface area contributed by atoms with E-state index < -0.39 is 0 Å². The Balaban J connectivity index is 2.61. The number of carbonyl (C=O) groups is 1. The fourth-order valence-electron chi connectivity index (χ4n) is 2.36. The smallest absolute Gasteiger partial charge is 0.221 e. The van der Waals surface area contributed by atoms with Gasteiger partial charge in [0.25, 0.3) is 0 Å². The molecule has 26 heavy (non-hydrogen) atoms. The molecule has 146 valence electrons. The molecule has 1 aromatic carbocycles. The Bertz CT molecular complexity index is 601. The Morgan fingerprint density at radius 1 is 1.27 bits per heavy atom. The molecule has 5 nitrogen and oxygen atoms in total. The highest BCUT2D eigenvalue weighted by molar-refractivity contribution is 5.81. The van der Waals surface area contributed by atoms with Gasteiger partial charge in [0.05, 0.1) is 6.54 Å². The number of guanidine groups is 1. The monoisotopic (exact) mass is 364 g/mol. The van der Waals surface area contributed by atoms with Crippen molar-refractivity contribution in [2.45, 2.75) is 58.9 Å². The first-order chi connectivity index (χ1) is 12.3. The van der Waals surface area contributed by atoms with Crippen molar-refractivity contribution in [1.82, 2.24) is 16.0 Å². The normalized spacial score (nSPS) is 13.2. The van der Waals surface area contributed by atoms with Gasteiger partial charge < -0.3 is 16.0 Å². The molecule has 0 spiro atoms. The van der Waals surface area contributed by atoms with Crippen LogP contribution in [0.15, 0.2) is 29.3 Å². The second-order valence-electron chi connectivity index (χ2n) is 7.14. The van der Waals surface area contributed by atoms with Crippen LogP contribution in [0.4, 0.5) is 4.39 Å². The number of rotatable bonds is 9. The zero-order chi connectivity index (χ0) is 19.6. The minimum absolute atomic E-state index is 0.0304. The van der Waals surface area contributed by atoms with Crippen LogP contribution in [0.1, 0.15) is 53.0 Å². The first-order valence-corrected chi connectivity index (χ1v) is 9.36. The van der Waals surface area contributed by atoms with E-state index in [4.69, 9.17) is 0 Å². The van der Waals surface area contributed by atoms with E-state index in [-0.39, 0.29) is 23.2 Å². The van der Waals surface area contributed by atoms with Crippen molar-refractivity contribution in [3.05, 3.63) is 35.6 Å². The number of hydrogen-bond donors (Lipinski definition) is 3. The molecule has 1 amide bonds. The zero-order valence-corrected chi connectivity index (χ0v) is 16.7. The van der Waals surface area contributed by atoms with Gasteiger partial charge in [-0.2, -0.15) is 0 Å². The van der Waals surface area contributed by atoms with Crippen LogP contribution in [-0.4, -0.2) is 37.5 Å². The van der Waals surface area contributed by atoms with E-state index in [9.17, 15) is 9.18 Å². The third-order valence-corrected chi connectivity index (χ3v) is 4.25. The predicted molar refractivity (Wildman–Crippen MR) is 106 cm³/mol. The van der Waals surface area contributed by atoms with E-state index in [1.807, 2.05) is 40.7 Å². The molecule has 0 heterocycles. The Labute approximate surface area is 156 Å². The largest absolute Gasteiger partial charge is 0.357 e. The Morgan fingerprint density at radius 3 is 2.62 bits per heavy atom. The summed E-state index contributed by atoms with van der Waals surface area (Å²) >= 11 is 0. The highest BCUT2D eigenvalue weighted by Gasteiger charge is 2.21. The van der Waals surface area contributed by atoms with Crippen LogP contribution in [0.25, 0.3) is 0 Å². The molecule has 0 aromatic heterocycles. The van der Waals surface area contributed by atoms with Crippen molar-refractivity contribution < 1.29 is 9.18 Å². The maximum Gasteiger partial charge on any atom is 0.221 e. The fraction of sp³-hybridized carbons (Fsp3) is 0.600. The number of halogens is 1. The number of benzene rings is 1. The number of hydrogen-bond acceptors (Lipinski definition) is 2. The summed E-state index contributed by atoms with van der Waals surface area (Å²) in [6.07, 6.45) is 1.31. The van der Waals surface area contributed by atoms with Gasteiger partial charge >= 0.3 is 0 Å². The molecular formula is C20H33FN4O. The number of carbonyl (C=O) groups excluding carboxylic acids is 1. The minimum Gasteiger partial charge on any atom is -0.357 e. The third kappa shape index (κ3) is 7.85. The van der Waals surface area contributed by atoms with Gasteiger partial charge in [-0.05, 0) is 38.0 Å². The van der Waals surface area contributed by atoms with Crippen LogP contribution in [0, 0.1) is 5.82 Å². The number of nitrogens with zero attached hydrogens (tertiary/aromatic N) is 1. The molecule has 0 saturated carbocycles. The zero-order valence-electron chi connectivity index (χ0n) is 16.7. The van der Waals surface area contributed by atoms with E-state index in [2.05, 4.69) is 20.9 Å². The Kier molecular flexibility index (Phi) is 9.10. The Morgan fingerprint density at radius 2 is 2.00 bits per heavy atom. The summed E-state index contributed by atoms with van der Waals surface area (Å²) in [5.74, 6) is 0.452. The predicted octanol–water partition coefficient (Wildman–Crippen LogP) is 2.96. The van der Waals surface area contributed by atoms with Gasteiger partial charge in [0, 0.05) is 31.0 Å². The molecule has 1 unspecified atom stereocenters. The molecule has 6 heteroatoms. The molecule has 0 radical (unpaired) electrons. The maximum absolute atomic E-state index is 13.5. The van der Waals surface area contributed by atoms with E-state index in [1.54, 1.807) is 12.1 Å². The maximum atomic E-state index is 13.5.